The maximum Gasteiger partial charge on any atom is 0.228 e. The molecule has 0 N–H and O–H groups in total. The van der Waals surface area contributed by atoms with Crippen molar-refractivity contribution in [1.29, 1.82) is 0 Å². The molecule has 0 bridgehead atoms. The highest BCUT2D eigenvalue weighted by Gasteiger charge is 2.30. The lowest BCUT2D eigenvalue weighted by Gasteiger charge is -2.19. The van der Waals surface area contributed by atoms with Crippen LogP contribution in [0.2, 0.25) is 0 Å². The molecule has 0 aliphatic carbocycles. The Morgan fingerprint density at radius 1 is 1.35 bits per heavy atom. The second-order valence-electron chi connectivity index (χ2n) is 3.84. The number of benzene rings is 1. The van der Waals surface area contributed by atoms with Crippen molar-refractivity contribution in [3.8, 4) is 11.5 Å². The van der Waals surface area contributed by atoms with E-state index >= 15 is 0 Å². The Labute approximate surface area is 109 Å². The number of carbonyl (C=O) groups is 1. The normalized spacial score (nSPS) is 19.6. The number of ether oxygens (including phenoxy) is 2. The smallest absolute Gasteiger partial charge is 0.228 e. The van der Waals surface area contributed by atoms with E-state index in [2.05, 4.69) is 15.9 Å². The molecule has 0 saturated carbocycles. The van der Waals surface area contributed by atoms with Gasteiger partial charge in [-0.15, -0.1) is 0 Å². The van der Waals surface area contributed by atoms with Crippen molar-refractivity contribution in [3.05, 3.63) is 18.2 Å². The zero-order valence-electron chi connectivity index (χ0n) is 9.77. The predicted octanol–water partition coefficient (Wildman–Crippen LogP) is 2.20. The van der Waals surface area contributed by atoms with E-state index in [0.29, 0.717) is 24.5 Å². The standard InChI is InChI=1S/C12H14BrNO3/c1-16-9-3-4-10(11(6-9)17-2)14-7-8(13)5-12(14)15/h3-4,6,8H,5,7H2,1-2H3. The predicted molar refractivity (Wildman–Crippen MR) is 69.2 cm³/mol. The van der Waals surface area contributed by atoms with E-state index in [1.165, 1.54) is 0 Å². The van der Waals surface area contributed by atoms with Crippen molar-refractivity contribution in [2.75, 3.05) is 25.7 Å². The van der Waals surface area contributed by atoms with Gasteiger partial charge < -0.3 is 14.4 Å². The average molecular weight is 300 g/mol. The summed E-state index contributed by atoms with van der Waals surface area (Å²) >= 11 is 3.46. The molecule has 1 aliphatic heterocycles. The van der Waals surface area contributed by atoms with Gasteiger partial charge in [0.25, 0.3) is 0 Å². The van der Waals surface area contributed by atoms with Crippen LogP contribution >= 0.6 is 15.9 Å². The topological polar surface area (TPSA) is 38.8 Å². The van der Waals surface area contributed by atoms with E-state index in [1.54, 1.807) is 25.2 Å². The Hall–Kier alpha value is -1.23. The van der Waals surface area contributed by atoms with Crippen molar-refractivity contribution in [3.63, 3.8) is 0 Å². The van der Waals surface area contributed by atoms with Crippen molar-refractivity contribution in [2.24, 2.45) is 0 Å². The summed E-state index contributed by atoms with van der Waals surface area (Å²) in [7, 11) is 3.19. The molecule has 1 aliphatic rings. The van der Waals surface area contributed by atoms with Gasteiger partial charge in [-0.25, -0.2) is 0 Å². The van der Waals surface area contributed by atoms with Gasteiger partial charge in [0.2, 0.25) is 5.91 Å². The van der Waals surface area contributed by atoms with Crippen LogP contribution in [-0.2, 0) is 4.79 Å². The molecule has 1 saturated heterocycles. The Kier molecular flexibility index (Phi) is 3.57. The largest absolute Gasteiger partial charge is 0.497 e. The fourth-order valence-electron chi connectivity index (χ4n) is 1.90. The highest BCUT2D eigenvalue weighted by atomic mass is 79.9. The van der Waals surface area contributed by atoms with Crippen LogP contribution in [0.5, 0.6) is 11.5 Å². The summed E-state index contributed by atoms with van der Waals surface area (Å²) in [4.78, 5) is 13.8. The molecule has 1 heterocycles. The summed E-state index contributed by atoms with van der Waals surface area (Å²) in [5, 5.41) is 0. The number of hydrogen-bond acceptors (Lipinski definition) is 3. The van der Waals surface area contributed by atoms with Crippen molar-refractivity contribution in [1.82, 2.24) is 0 Å². The lowest BCUT2D eigenvalue weighted by atomic mass is 10.2. The number of anilines is 1. The molecule has 1 atom stereocenters. The third-order valence-corrected chi connectivity index (χ3v) is 3.37. The summed E-state index contributed by atoms with van der Waals surface area (Å²) in [6, 6.07) is 5.46. The fraction of sp³-hybridized carbons (Fsp3) is 0.417. The highest BCUT2D eigenvalue weighted by Crippen LogP contribution is 2.35. The number of rotatable bonds is 3. The van der Waals surface area contributed by atoms with E-state index in [4.69, 9.17) is 9.47 Å². The van der Waals surface area contributed by atoms with E-state index in [0.717, 1.165) is 5.69 Å². The third kappa shape index (κ3) is 2.39. The molecule has 1 unspecified atom stereocenters. The van der Waals surface area contributed by atoms with Crippen LogP contribution in [0.1, 0.15) is 6.42 Å². The van der Waals surface area contributed by atoms with Gasteiger partial charge in [0.05, 0.1) is 19.9 Å². The van der Waals surface area contributed by atoms with E-state index in [-0.39, 0.29) is 10.7 Å². The monoisotopic (exact) mass is 299 g/mol. The van der Waals surface area contributed by atoms with Crippen molar-refractivity contribution >= 4 is 27.5 Å². The molecule has 2 rings (SSSR count). The Morgan fingerprint density at radius 2 is 2.12 bits per heavy atom. The lowest BCUT2D eigenvalue weighted by Crippen LogP contribution is -2.25. The first-order valence-corrected chi connectivity index (χ1v) is 6.23. The van der Waals surface area contributed by atoms with Gasteiger partial charge in [-0.3, -0.25) is 4.79 Å². The van der Waals surface area contributed by atoms with Crippen molar-refractivity contribution < 1.29 is 14.3 Å². The zero-order valence-corrected chi connectivity index (χ0v) is 11.4. The Bertz CT molecular complexity index is 436. The van der Waals surface area contributed by atoms with Crippen LogP contribution in [0.15, 0.2) is 18.2 Å². The molecular weight excluding hydrogens is 286 g/mol. The van der Waals surface area contributed by atoms with Crippen LogP contribution in [0.4, 0.5) is 5.69 Å². The molecule has 1 aromatic carbocycles. The fourth-order valence-corrected chi connectivity index (χ4v) is 2.47. The average Bonchev–Trinajstić information content (AvgIpc) is 2.67. The first-order valence-electron chi connectivity index (χ1n) is 5.32. The molecule has 5 heteroatoms. The van der Waals surface area contributed by atoms with Crippen molar-refractivity contribution in [2.45, 2.75) is 11.2 Å². The Balaban J connectivity index is 2.35. The van der Waals surface area contributed by atoms with Gasteiger partial charge >= 0.3 is 0 Å². The third-order valence-electron chi connectivity index (χ3n) is 2.76. The summed E-state index contributed by atoms with van der Waals surface area (Å²) in [5.41, 5.74) is 0.792. The van der Waals surface area contributed by atoms with Gasteiger partial charge in [-0.05, 0) is 12.1 Å². The van der Waals surface area contributed by atoms with Crippen LogP contribution in [0.3, 0.4) is 0 Å². The molecule has 0 aromatic heterocycles. The summed E-state index contributed by atoms with van der Waals surface area (Å²) < 4.78 is 10.4. The second-order valence-corrected chi connectivity index (χ2v) is 5.14. The van der Waals surface area contributed by atoms with Crippen LogP contribution < -0.4 is 14.4 Å². The second kappa shape index (κ2) is 4.96. The molecule has 17 heavy (non-hydrogen) atoms. The number of methoxy groups -OCH3 is 2. The number of amides is 1. The maximum atomic E-state index is 11.8. The van der Waals surface area contributed by atoms with E-state index in [1.807, 2.05) is 12.1 Å². The summed E-state index contributed by atoms with van der Waals surface area (Å²) in [6.07, 6.45) is 0.523. The Morgan fingerprint density at radius 3 is 2.65 bits per heavy atom. The molecular formula is C12H14BrNO3. The number of alkyl halides is 1. The number of nitrogens with zero attached hydrogens (tertiary/aromatic N) is 1. The van der Waals surface area contributed by atoms with Crippen LogP contribution in [0, 0.1) is 0 Å². The summed E-state index contributed by atoms with van der Waals surface area (Å²) in [6.45, 7) is 0.668. The maximum absolute atomic E-state index is 11.8. The lowest BCUT2D eigenvalue weighted by molar-refractivity contribution is -0.117. The minimum atomic E-state index is 0.107. The van der Waals surface area contributed by atoms with E-state index in [9.17, 15) is 4.79 Å². The molecule has 92 valence electrons. The zero-order chi connectivity index (χ0) is 12.4. The summed E-state index contributed by atoms with van der Waals surface area (Å²) in [5.74, 6) is 1.47. The minimum absolute atomic E-state index is 0.107. The number of halogens is 1. The van der Waals surface area contributed by atoms with Gasteiger partial charge in [-0.1, -0.05) is 15.9 Å². The minimum Gasteiger partial charge on any atom is -0.497 e. The van der Waals surface area contributed by atoms with Crippen LogP contribution in [-0.4, -0.2) is 31.5 Å². The van der Waals surface area contributed by atoms with Crippen LogP contribution in [0.25, 0.3) is 0 Å². The first kappa shape index (κ1) is 12.2. The van der Waals surface area contributed by atoms with Gasteiger partial charge in [0, 0.05) is 23.9 Å². The molecule has 4 nitrogen and oxygen atoms in total. The molecule has 1 fully saturated rings. The SMILES string of the molecule is COc1ccc(N2CC(Br)CC2=O)c(OC)c1. The molecule has 0 spiro atoms. The molecule has 1 amide bonds. The molecule has 1 aromatic rings. The number of hydrogen-bond donors (Lipinski definition) is 0. The quantitative estimate of drug-likeness (QED) is 0.803. The molecule has 0 radical (unpaired) electrons. The van der Waals surface area contributed by atoms with Gasteiger partial charge in [-0.2, -0.15) is 0 Å². The van der Waals surface area contributed by atoms with Gasteiger partial charge in [0.15, 0.2) is 0 Å². The van der Waals surface area contributed by atoms with Gasteiger partial charge in [0.1, 0.15) is 11.5 Å². The van der Waals surface area contributed by atoms with E-state index < -0.39 is 0 Å². The first-order chi connectivity index (χ1) is 8.15. The highest BCUT2D eigenvalue weighted by molar-refractivity contribution is 9.09. The number of carbonyl (C=O) groups excluding carboxylic acids is 1.